The van der Waals surface area contributed by atoms with Crippen LogP contribution in [-0.4, -0.2) is 18.6 Å². The predicted molar refractivity (Wildman–Crippen MR) is 96.9 cm³/mol. The van der Waals surface area contributed by atoms with E-state index >= 15 is 0 Å². The number of hydrogen-bond acceptors (Lipinski definition) is 3. The fraction of sp³-hybridized carbons (Fsp3) is 0.350. The highest BCUT2D eigenvalue weighted by Crippen LogP contribution is 2.18. The van der Waals surface area contributed by atoms with Gasteiger partial charge in [-0.15, -0.1) is 0 Å². The van der Waals surface area contributed by atoms with Crippen molar-refractivity contribution in [2.75, 3.05) is 11.9 Å². The molecule has 2 aromatic carbocycles. The number of anilines is 1. The first-order valence-electron chi connectivity index (χ1n) is 8.24. The maximum Gasteiger partial charge on any atom is 0.262 e. The molecule has 2 aromatic rings. The standard InChI is InChI=1S/C20H25NO3/c1-5-16(4)24-18-10-7-17(8-11-18)21-20(22)13-23-19-9-6-14(2)15(3)12-19/h6-12,16H,5,13H2,1-4H3,(H,21,22). The SMILES string of the molecule is CCC(C)Oc1ccc(NC(=O)COc2ccc(C)c(C)c2)cc1. The molecule has 0 fully saturated rings. The van der Waals surface area contributed by atoms with Crippen LogP contribution >= 0.6 is 0 Å². The number of ether oxygens (including phenoxy) is 2. The molecular weight excluding hydrogens is 302 g/mol. The average molecular weight is 327 g/mol. The topological polar surface area (TPSA) is 47.6 Å². The Morgan fingerprint density at radius 1 is 1.04 bits per heavy atom. The fourth-order valence-corrected chi connectivity index (χ4v) is 2.08. The molecule has 0 aromatic heterocycles. The Bertz CT molecular complexity index is 680. The van der Waals surface area contributed by atoms with Gasteiger partial charge in [0.2, 0.25) is 0 Å². The Morgan fingerprint density at radius 2 is 1.71 bits per heavy atom. The normalized spacial score (nSPS) is 11.7. The van der Waals surface area contributed by atoms with E-state index < -0.39 is 0 Å². The summed E-state index contributed by atoms with van der Waals surface area (Å²) in [7, 11) is 0. The lowest BCUT2D eigenvalue weighted by molar-refractivity contribution is -0.118. The van der Waals surface area contributed by atoms with Gasteiger partial charge in [0, 0.05) is 5.69 Å². The third-order valence-corrected chi connectivity index (χ3v) is 3.90. The lowest BCUT2D eigenvalue weighted by Gasteiger charge is -2.13. The molecule has 0 spiro atoms. The van der Waals surface area contributed by atoms with Crippen LogP contribution in [0.15, 0.2) is 42.5 Å². The van der Waals surface area contributed by atoms with Gasteiger partial charge >= 0.3 is 0 Å². The highest BCUT2D eigenvalue weighted by atomic mass is 16.5. The van der Waals surface area contributed by atoms with Gasteiger partial charge in [-0.2, -0.15) is 0 Å². The van der Waals surface area contributed by atoms with E-state index in [0.717, 1.165) is 23.4 Å². The van der Waals surface area contributed by atoms with Gasteiger partial charge in [-0.25, -0.2) is 0 Å². The molecule has 4 heteroatoms. The van der Waals surface area contributed by atoms with Crippen LogP contribution in [0.4, 0.5) is 5.69 Å². The number of carbonyl (C=O) groups excluding carboxylic acids is 1. The molecular formula is C20H25NO3. The van der Waals surface area contributed by atoms with E-state index in [1.54, 1.807) is 0 Å². The van der Waals surface area contributed by atoms with Crippen molar-refractivity contribution < 1.29 is 14.3 Å². The summed E-state index contributed by atoms with van der Waals surface area (Å²) in [5.41, 5.74) is 3.07. The van der Waals surface area contributed by atoms with E-state index in [9.17, 15) is 4.79 Å². The monoisotopic (exact) mass is 327 g/mol. The van der Waals surface area contributed by atoms with Gasteiger partial charge in [0.1, 0.15) is 11.5 Å². The minimum Gasteiger partial charge on any atom is -0.491 e. The third kappa shape index (κ3) is 5.30. The van der Waals surface area contributed by atoms with Crippen molar-refractivity contribution in [3.8, 4) is 11.5 Å². The lowest BCUT2D eigenvalue weighted by Crippen LogP contribution is -2.20. The molecule has 1 atom stereocenters. The van der Waals surface area contributed by atoms with Gasteiger partial charge in [0.15, 0.2) is 6.61 Å². The minimum atomic E-state index is -0.191. The summed E-state index contributed by atoms with van der Waals surface area (Å²) in [4.78, 5) is 12.0. The Labute approximate surface area is 143 Å². The highest BCUT2D eigenvalue weighted by Gasteiger charge is 2.06. The number of carbonyl (C=O) groups is 1. The summed E-state index contributed by atoms with van der Waals surface area (Å²) >= 11 is 0. The van der Waals surface area contributed by atoms with E-state index in [2.05, 4.69) is 12.2 Å². The second-order valence-electron chi connectivity index (χ2n) is 5.94. The van der Waals surface area contributed by atoms with Crippen LogP contribution in [0, 0.1) is 13.8 Å². The summed E-state index contributed by atoms with van der Waals surface area (Å²) in [6, 6.07) is 13.1. The van der Waals surface area contributed by atoms with Crippen molar-refractivity contribution in [1.82, 2.24) is 0 Å². The van der Waals surface area contributed by atoms with Gasteiger partial charge < -0.3 is 14.8 Å². The maximum absolute atomic E-state index is 12.0. The molecule has 0 heterocycles. The number of benzene rings is 2. The lowest BCUT2D eigenvalue weighted by atomic mass is 10.1. The maximum atomic E-state index is 12.0. The molecule has 0 aliphatic rings. The summed E-state index contributed by atoms with van der Waals surface area (Å²) in [6.07, 6.45) is 1.13. The first-order chi connectivity index (χ1) is 11.5. The van der Waals surface area contributed by atoms with Crippen LogP contribution in [0.1, 0.15) is 31.4 Å². The number of aryl methyl sites for hydroxylation is 2. The summed E-state index contributed by atoms with van der Waals surface area (Å²) in [5.74, 6) is 1.31. The molecule has 24 heavy (non-hydrogen) atoms. The molecule has 1 N–H and O–H groups in total. The van der Waals surface area contributed by atoms with Crippen molar-refractivity contribution in [2.24, 2.45) is 0 Å². The van der Waals surface area contributed by atoms with Gasteiger partial charge in [0.25, 0.3) is 5.91 Å². The first kappa shape index (κ1) is 17.9. The molecule has 0 radical (unpaired) electrons. The molecule has 2 rings (SSSR count). The molecule has 0 aliphatic heterocycles. The Kier molecular flexibility index (Phi) is 6.24. The van der Waals surface area contributed by atoms with E-state index in [0.29, 0.717) is 5.75 Å². The molecule has 0 saturated carbocycles. The number of hydrogen-bond donors (Lipinski definition) is 1. The quantitative estimate of drug-likeness (QED) is 0.814. The zero-order chi connectivity index (χ0) is 17.5. The largest absolute Gasteiger partial charge is 0.491 e. The molecule has 1 unspecified atom stereocenters. The third-order valence-electron chi connectivity index (χ3n) is 3.90. The van der Waals surface area contributed by atoms with Gasteiger partial charge in [0.05, 0.1) is 6.10 Å². The second kappa shape index (κ2) is 8.39. The van der Waals surface area contributed by atoms with Crippen LogP contribution in [0.2, 0.25) is 0 Å². The number of amides is 1. The zero-order valence-electron chi connectivity index (χ0n) is 14.8. The fourth-order valence-electron chi connectivity index (χ4n) is 2.08. The van der Waals surface area contributed by atoms with Crippen LogP contribution in [0.3, 0.4) is 0 Å². The predicted octanol–water partition coefficient (Wildman–Crippen LogP) is 4.50. The van der Waals surface area contributed by atoms with Crippen molar-refractivity contribution in [1.29, 1.82) is 0 Å². The molecule has 0 aliphatic carbocycles. The number of rotatable bonds is 7. The minimum absolute atomic E-state index is 0.0202. The average Bonchev–Trinajstić information content (AvgIpc) is 2.57. The summed E-state index contributed by atoms with van der Waals surface area (Å²) in [5, 5.41) is 2.81. The summed E-state index contributed by atoms with van der Waals surface area (Å²) < 4.78 is 11.2. The van der Waals surface area contributed by atoms with Crippen LogP contribution < -0.4 is 14.8 Å². The molecule has 128 valence electrons. The highest BCUT2D eigenvalue weighted by molar-refractivity contribution is 5.91. The summed E-state index contributed by atoms with van der Waals surface area (Å²) in [6.45, 7) is 8.15. The van der Waals surface area contributed by atoms with Gasteiger partial charge in [-0.1, -0.05) is 13.0 Å². The van der Waals surface area contributed by atoms with Crippen LogP contribution in [0.5, 0.6) is 11.5 Å². The molecule has 0 bridgehead atoms. The van der Waals surface area contributed by atoms with Crippen LogP contribution in [-0.2, 0) is 4.79 Å². The second-order valence-corrected chi connectivity index (χ2v) is 5.94. The van der Waals surface area contributed by atoms with E-state index in [-0.39, 0.29) is 18.6 Å². The first-order valence-corrected chi connectivity index (χ1v) is 8.24. The smallest absolute Gasteiger partial charge is 0.262 e. The Balaban J connectivity index is 1.84. The number of nitrogens with one attached hydrogen (secondary N) is 1. The zero-order valence-corrected chi connectivity index (χ0v) is 14.8. The molecule has 0 saturated heterocycles. The van der Waals surface area contributed by atoms with Crippen LogP contribution in [0.25, 0.3) is 0 Å². The Morgan fingerprint density at radius 3 is 2.33 bits per heavy atom. The van der Waals surface area contributed by atoms with Crippen molar-refractivity contribution in [2.45, 2.75) is 40.2 Å². The van der Waals surface area contributed by atoms with Crippen molar-refractivity contribution in [3.05, 3.63) is 53.6 Å². The van der Waals surface area contributed by atoms with E-state index in [4.69, 9.17) is 9.47 Å². The van der Waals surface area contributed by atoms with Gasteiger partial charge in [-0.3, -0.25) is 4.79 Å². The molecule has 1 amide bonds. The van der Waals surface area contributed by atoms with E-state index in [1.807, 2.05) is 63.2 Å². The van der Waals surface area contributed by atoms with Gasteiger partial charge in [-0.05, 0) is 74.7 Å². The Hall–Kier alpha value is -2.49. The molecule has 4 nitrogen and oxygen atoms in total. The van der Waals surface area contributed by atoms with Crippen molar-refractivity contribution >= 4 is 11.6 Å². The van der Waals surface area contributed by atoms with Crippen molar-refractivity contribution in [3.63, 3.8) is 0 Å². The van der Waals surface area contributed by atoms with E-state index in [1.165, 1.54) is 5.56 Å².